The lowest BCUT2D eigenvalue weighted by Crippen LogP contribution is -2.40. The number of piperidine rings is 1. The van der Waals surface area contributed by atoms with Gasteiger partial charge in [0.2, 0.25) is 0 Å². The highest BCUT2D eigenvalue weighted by atomic mass is 35.5. The monoisotopic (exact) mass is 448 g/mol. The highest BCUT2D eigenvalue weighted by Crippen LogP contribution is 2.34. The lowest BCUT2D eigenvalue weighted by molar-refractivity contribution is 0.0689. The Hall–Kier alpha value is -2.90. The fraction of sp³-hybridized carbons (Fsp3) is 0.375. The summed E-state index contributed by atoms with van der Waals surface area (Å²) in [5.41, 5.74) is 4.98. The summed E-state index contributed by atoms with van der Waals surface area (Å²) in [6.45, 7) is 4.04. The maximum atomic E-state index is 13.8. The van der Waals surface area contributed by atoms with E-state index in [1.165, 1.54) is 0 Å². The van der Waals surface area contributed by atoms with Gasteiger partial charge in [0.1, 0.15) is 5.52 Å². The number of carbonyl (C=O) groups is 1. The first-order chi connectivity index (χ1) is 15.6. The predicted octanol–water partition coefficient (Wildman–Crippen LogP) is 3.96. The van der Waals surface area contributed by atoms with E-state index in [-0.39, 0.29) is 11.9 Å². The molecular weight excluding hydrogens is 424 g/mol. The van der Waals surface area contributed by atoms with Crippen LogP contribution in [0.1, 0.15) is 34.9 Å². The van der Waals surface area contributed by atoms with E-state index in [4.69, 9.17) is 11.6 Å². The molecule has 8 heteroatoms. The number of likely N-dealkylation sites (tertiary alicyclic amines) is 1. The molecule has 1 fully saturated rings. The van der Waals surface area contributed by atoms with Crippen LogP contribution in [-0.2, 0) is 13.1 Å². The van der Waals surface area contributed by atoms with E-state index in [0.29, 0.717) is 18.1 Å². The number of likely N-dealkylation sites (N-methyl/N-ethyl adjacent to an activating group) is 1. The smallest absolute Gasteiger partial charge is 0.256 e. The highest BCUT2D eigenvalue weighted by molar-refractivity contribution is 6.31. The molecule has 6 rings (SSSR count). The fourth-order valence-electron chi connectivity index (χ4n) is 5.27. The van der Waals surface area contributed by atoms with Crippen molar-refractivity contribution in [3.8, 4) is 0 Å². The van der Waals surface area contributed by atoms with Crippen molar-refractivity contribution in [3.05, 3.63) is 58.7 Å². The molecule has 0 radical (unpaired) electrons. The van der Waals surface area contributed by atoms with E-state index in [1.54, 1.807) is 0 Å². The Morgan fingerprint density at radius 1 is 1.03 bits per heavy atom. The van der Waals surface area contributed by atoms with Crippen LogP contribution in [0, 0.1) is 0 Å². The second kappa shape index (κ2) is 7.60. The minimum Gasteiger partial charge on any atom is -0.341 e. The third-order valence-corrected chi connectivity index (χ3v) is 7.18. The van der Waals surface area contributed by atoms with Gasteiger partial charge >= 0.3 is 0 Å². The van der Waals surface area contributed by atoms with Crippen LogP contribution >= 0.6 is 11.6 Å². The number of halogens is 1. The molecule has 2 aliphatic heterocycles. The number of nitrogens with zero attached hydrogens (tertiary/aromatic N) is 6. The van der Waals surface area contributed by atoms with Gasteiger partial charge in [-0.2, -0.15) is 0 Å². The van der Waals surface area contributed by atoms with Gasteiger partial charge in [-0.15, -0.1) is 5.10 Å². The van der Waals surface area contributed by atoms with Crippen LogP contribution in [0.5, 0.6) is 0 Å². The summed E-state index contributed by atoms with van der Waals surface area (Å²) >= 11 is 6.30. The van der Waals surface area contributed by atoms with Gasteiger partial charge < -0.3 is 9.47 Å². The average Bonchev–Trinajstić information content (AvgIpc) is 3.37. The van der Waals surface area contributed by atoms with Gasteiger partial charge in [0.05, 0.1) is 22.6 Å². The zero-order valence-corrected chi connectivity index (χ0v) is 18.8. The first-order valence-corrected chi connectivity index (χ1v) is 11.6. The molecular formula is C24H25ClN6O. The molecule has 0 unspecified atom stereocenters. The van der Waals surface area contributed by atoms with Crippen molar-refractivity contribution < 1.29 is 4.79 Å². The van der Waals surface area contributed by atoms with Gasteiger partial charge in [-0.05, 0) is 44.2 Å². The second-order valence-electron chi connectivity index (χ2n) is 8.92. The zero-order valence-electron chi connectivity index (χ0n) is 18.0. The molecule has 0 saturated carbocycles. The molecule has 0 atom stereocenters. The number of hydrogen-bond donors (Lipinski definition) is 0. The summed E-state index contributed by atoms with van der Waals surface area (Å²) < 4.78 is 4.31. The molecule has 4 heterocycles. The third-order valence-electron chi connectivity index (χ3n) is 6.95. The summed E-state index contributed by atoms with van der Waals surface area (Å²) in [6.07, 6.45) is 1.75. The van der Waals surface area contributed by atoms with Crippen molar-refractivity contribution in [2.45, 2.75) is 32.0 Å². The van der Waals surface area contributed by atoms with Crippen molar-refractivity contribution in [3.63, 3.8) is 0 Å². The van der Waals surface area contributed by atoms with Gasteiger partial charge in [0, 0.05) is 48.8 Å². The number of para-hydroxylation sites is 1. The molecule has 1 amide bonds. The minimum absolute atomic E-state index is 0.128. The lowest BCUT2D eigenvalue weighted by Gasteiger charge is -2.33. The number of carbonyl (C=O) groups excluding carboxylic acids is 1. The van der Waals surface area contributed by atoms with Crippen molar-refractivity contribution in [1.82, 2.24) is 29.4 Å². The van der Waals surface area contributed by atoms with Crippen LogP contribution in [0.15, 0.2) is 42.5 Å². The van der Waals surface area contributed by atoms with Crippen molar-refractivity contribution in [1.29, 1.82) is 0 Å². The molecule has 2 aliphatic rings. The fourth-order valence-corrected chi connectivity index (χ4v) is 5.43. The molecule has 2 aromatic heterocycles. The summed E-state index contributed by atoms with van der Waals surface area (Å²) in [7, 11) is 2.11. The summed E-state index contributed by atoms with van der Waals surface area (Å²) in [5.74, 6) is 0.128. The SMILES string of the molecule is CN1CCn2c(c(C(=O)N3CCC(n4nnc5ccccc54)CC3)c3ccc(Cl)cc32)C1. The molecule has 7 nitrogen and oxygen atoms in total. The molecule has 1 saturated heterocycles. The number of amides is 1. The van der Waals surface area contributed by atoms with Crippen LogP contribution in [0.4, 0.5) is 0 Å². The van der Waals surface area contributed by atoms with Crippen LogP contribution in [0.3, 0.4) is 0 Å². The van der Waals surface area contributed by atoms with Gasteiger partial charge in [0.15, 0.2) is 0 Å². The normalized spacial score (nSPS) is 17.9. The Kier molecular flexibility index (Phi) is 4.69. The first-order valence-electron chi connectivity index (χ1n) is 11.2. The molecule has 0 spiro atoms. The molecule has 4 aromatic rings. The molecule has 164 valence electrons. The Balaban J connectivity index is 1.30. The molecule has 2 aromatic carbocycles. The van der Waals surface area contributed by atoms with Crippen LogP contribution in [0.2, 0.25) is 5.02 Å². The third kappa shape index (κ3) is 3.11. The van der Waals surface area contributed by atoms with E-state index in [1.807, 2.05) is 46.0 Å². The summed E-state index contributed by atoms with van der Waals surface area (Å²) in [5, 5.41) is 10.4. The van der Waals surface area contributed by atoms with E-state index < -0.39 is 0 Å². The number of benzene rings is 2. The predicted molar refractivity (Wildman–Crippen MR) is 125 cm³/mol. The Labute approximate surface area is 191 Å². The van der Waals surface area contributed by atoms with Crippen LogP contribution < -0.4 is 0 Å². The largest absolute Gasteiger partial charge is 0.341 e. The second-order valence-corrected chi connectivity index (χ2v) is 9.36. The van der Waals surface area contributed by atoms with Crippen LogP contribution in [0.25, 0.3) is 21.9 Å². The number of aromatic nitrogens is 4. The molecule has 0 N–H and O–H groups in total. The van der Waals surface area contributed by atoms with Gasteiger partial charge in [-0.25, -0.2) is 4.68 Å². The number of hydrogen-bond acceptors (Lipinski definition) is 4. The number of rotatable bonds is 2. The van der Waals surface area contributed by atoms with Crippen molar-refractivity contribution in [2.24, 2.45) is 0 Å². The maximum absolute atomic E-state index is 13.8. The van der Waals surface area contributed by atoms with E-state index in [0.717, 1.165) is 65.7 Å². The van der Waals surface area contributed by atoms with E-state index in [9.17, 15) is 4.79 Å². The average molecular weight is 449 g/mol. The lowest BCUT2D eigenvalue weighted by atomic mass is 10.0. The Morgan fingerprint density at radius 3 is 2.69 bits per heavy atom. The zero-order chi connectivity index (χ0) is 21.8. The van der Waals surface area contributed by atoms with Crippen molar-refractivity contribution in [2.75, 3.05) is 26.7 Å². The van der Waals surface area contributed by atoms with E-state index in [2.05, 4.69) is 32.9 Å². The maximum Gasteiger partial charge on any atom is 0.256 e. The quantitative estimate of drug-likeness (QED) is 0.465. The van der Waals surface area contributed by atoms with E-state index >= 15 is 0 Å². The molecule has 0 bridgehead atoms. The first kappa shape index (κ1) is 19.8. The summed E-state index contributed by atoms with van der Waals surface area (Å²) in [4.78, 5) is 18.1. The van der Waals surface area contributed by atoms with Crippen LogP contribution in [-0.4, -0.2) is 61.9 Å². The standard InChI is InChI=1S/C24H25ClN6O/c1-28-12-13-30-21-14-16(25)6-7-18(21)23(22(30)15-28)24(32)29-10-8-17(9-11-29)31-20-5-3-2-4-19(20)26-27-31/h2-7,14,17H,8-13,15H2,1H3. The van der Waals surface area contributed by atoms with Gasteiger partial charge in [-0.1, -0.05) is 35.0 Å². The van der Waals surface area contributed by atoms with Crippen molar-refractivity contribution >= 4 is 39.4 Å². The molecule has 32 heavy (non-hydrogen) atoms. The Bertz CT molecular complexity index is 1330. The Morgan fingerprint density at radius 2 is 1.84 bits per heavy atom. The topological polar surface area (TPSA) is 59.2 Å². The van der Waals surface area contributed by atoms with Gasteiger partial charge in [0.25, 0.3) is 5.91 Å². The molecule has 0 aliphatic carbocycles. The highest BCUT2D eigenvalue weighted by Gasteiger charge is 2.31. The number of fused-ring (bicyclic) bond motifs is 4. The minimum atomic E-state index is 0.128. The summed E-state index contributed by atoms with van der Waals surface area (Å²) in [6, 6.07) is 14.2. The van der Waals surface area contributed by atoms with Gasteiger partial charge in [-0.3, -0.25) is 9.69 Å².